The fourth-order valence-corrected chi connectivity index (χ4v) is 2.25. The third kappa shape index (κ3) is 2.93. The molecule has 0 saturated heterocycles. The van der Waals surface area contributed by atoms with E-state index in [1.165, 1.54) is 10.6 Å². The van der Waals surface area contributed by atoms with Gasteiger partial charge in [-0.3, -0.25) is 4.79 Å². The van der Waals surface area contributed by atoms with Crippen molar-refractivity contribution in [1.29, 1.82) is 0 Å². The number of rotatable bonds is 5. The molecule has 0 atom stereocenters. The van der Waals surface area contributed by atoms with Gasteiger partial charge in [0.05, 0.1) is 11.3 Å². The Hall–Kier alpha value is -2.43. The Morgan fingerprint density at radius 1 is 1.27 bits per heavy atom. The van der Waals surface area contributed by atoms with Crippen LogP contribution in [0.15, 0.2) is 41.7 Å². The van der Waals surface area contributed by atoms with Gasteiger partial charge in [-0.25, -0.2) is 8.78 Å². The Morgan fingerprint density at radius 3 is 2.45 bits per heavy atom. The predicted molar refractivity (Wildman–Crippen MR) is 82.2 cm³/mol. The van der Waals surface area contributed by atoms with Crippen molar-refractivity contribution >= 4 is 0 Å². The van der Waals surface area contributed by atoms with E-state index in [2.05, 4.69) is 6.58 Å². The first-order chi connectivity index (χ1) is 10.5. The number of nitrogens with zero attached hydrogens (tertiary/aromatic N) is 1. The average Bonchev–Trinajstić information content (AvgIpc) is 2.48. The van der Waals surface area contributed by atoms with Crippen molar-refractivity contribution < 1.29 is 13.5 Å². The lowest BCUT2D eigenvalue weighted by atomic mass is 10.1. The standard InChI is InChI=1S/C17H17F2NO2/c1-4-8-22-12-9-13(18)16(14(19)10-12)15-7-6-11(3)17(21)20(15)5-2/h4,6-7,9-10H,1,5,8H2,2-3H3. The van der Waals surface area contributed by atoms with Gasteiger partial charge in [0, 0.05) is 24.2 Å². The maximum Gasteiger partial charge on any atom is 0.253 e. The molecule has 0 unspecified atom stereocenters. The molecule has 0 bridgehead atoms. The summed E-state index contributed by atoms with van der Waals surface area (Å²) in [6, 6.07) is 5.31. The van der Waals surface area contributed by atoms with Crippen LogP contribution >= 0.6 is 0 Å². The highest BCUT2D eigenvalue weighted by Crippen LogP contribution is 2.29. The van der Waals surface area contributed by atoms with Crippen LogP contribution in [0.1, 0.15) is 12.5 Å². The zero-order valence-electron chi connectivity index (χ0n) is 12.5. The average molecular weight is 305 g/mol. The van der Waals surface area contributed by atoms with E-state index in [9.17, 15) is 13.6 Å². The minimum atomic E-state index is -0.774. The van der Waals surface area contributed by atoms with Crippen LogP contribution in [0.4, 0.5) is 8.78 Å². The van der Waals surface area contributed by atoms with E-state index < -0.39 is 11.6 Å². The summed E-state index contributed by atoms with van der Waals surface area (Å²) in [5.41, 5.74) is 0.247. The Labute approximate surface area is 127 Å². The first-order valence-electron chi connectivity index (χ1n) is 6.93. The molecule has 0 saturated carbocycles. The number of hydrogen-bond acceptors (Lipinski definition) is 2. The highest BCUT2D eigenvalue weighted by Gasteiger charge is 2.17. The van der Waals surface area contributed by atoms with Crippen molar-refractivity contribution in [3.63, 3.8) is 0 Å². The number of aryl methyl sites for hydroxylation is 1. The highest BCUT2D eigenvalue weighted by molar-refractivity contribution is 5.63. The Balaban J connectivity index is 2.61. The van der Waals surface area contributed by atoms with Crippen LogP contribution in [0.3, 0.4) is 0 Å². The topological polar surface area (TPSA) is 31.2 Å². The molecule has 3 nitrogen and oxygen atoms in total. The Kier molecular flexibility index (Phi) is 4.75. The molecule has 1 heterocycles. The maximum absolute atomic E-state index is 14.3. The first-order valence-corrected chi connectivity index (χ1v) is 6.93. The molecule has 0 amide bonds. The second-order valence-corrected chi connectivity index (χ2v) is 4.81. The highest BCUT2D eigenvalue weighted by atomic mass is 19.1. The molecule has 0 aliphatic carbocycles. The molecule has 5 heteroatoms. The molecule has 0 N–H and O–H groups in total. The van der Waals surface area contributed by atoms with Crippen LogP contribution in [0.2, 0.25) is 0 Å². The van der Waals surface area contributed by atoms with Gasteiger partial charge < -0.3 is 9.30 Å². The van der Waals surface area contributed by atoms with E-state index >= 15 is 0 Å². The normalized spacial score (nSPS) is 10.5. The third-order valence-corrected chi connectivity index (χ3v) is 3.32. The lowest BCUT2D eigenvalue weighted by Crippen LogP contribution is -2.23. The second-order valence-electron chi connectivity index (χ2n) is 4.81. The van der Waals surface area contributed by atoms with Crippen molar-refractivity contribution in [2.24, 2.45) is 0 Å². The summed E-state index contributed by atoms with van der Waals surface area (Å²) in [6.07, 6.45) is 1.48. The van der Waals surface area contributed by atoms with Crippen LogP contribution < -0.4 is 10.3 Å². The molecule has 0 fully saturated rings. The zero-order valence-corrected chi connectivity index (χ0v) is 12.5. The number of halogens is 2. The van der Waals surface area contributed by atoms with Gasteiger partial charge in [-0.15, -0.1) is 0 Å². The molecular formula is C17H17F2NO2. The molecule has 2 aromatic rings. The summed E-state index contributed by atoms with van der Waals surface area (Å²) in [4.78, 5) is 12.1. The van der Waals surface area contributed by atoms with E-state index in [1.807, 2.05) is 0 Å². The molecule has 0 spiro atoms. The number of pyridine rings is 1. The van der Waals surface area contributed by atoms with E-state index in [-0.39, 0.29) is 29.2 Å². The smallest absolute Gasteiger partial charge is 0.253 e. The van der Waals surface area contributed by atoms with Crippen molar-refractivity contribution in [1.82, 2.24) is 4.57 Å². The number of benzene rings is 1. The summed E-state index contributed by atoms with van der Waals surface area (Å²) in [7, 11) is 0. The zero-order chi connectivity index (χ0) is 16.3. The Bertz CT molecular complexity index is 743. The van der Waals surface area contributed by atoms with Crippen molar-refractivity contribution in [2.45, 2.75) is 20.4 Å². The van der Waals surface area contributed by atoms with Gasteiger partial charge in [0.2, 0.25) is 0 Å². The lowest BCUT2D eigenvalue weighted by molar-refractivity contribution is 0.358. The summed E-state index contributed by atoms with van der Waals surface area (Å²) >= 11 is 0. The largest absolute Gasteiger partial charge is 0.489 e. The fourth-order valence-electron chi connectivity index (χ4n) is 2.25. The monoisotopic (exact) mass is 305 g/mol. The summed E-state index contributed by atoms with van der Waals surface area (Å²) in [6.45, 7) is 7.37. The van der Waals surface area contributed by atoms with Gasteiger partial charge in [-0.1, -0.05) is 18.7 Å². The van der Waals surface area contributed by atoms with E-state index in [0.717, 1.165) is 12.1 Å². The predicted octanol–water partition coefficient (Wildman–Crippen LogP) is 3.69. The lowest BCUT2D eigenvalue weighted by Gasteiger charge is -2.14. The molecule has 0 aliphatic heterocycles. The van der Waals surface area contributed by atoms with Crippen LogP contribution in [-0.2, 0) is 6.54 Å². The van der Waals surface area contributed by atoms with E-state index in [0.29, 0.717) is 12.1 Å². The first kappa shape index (κ1) is 15.9. The van der Waals surface area contributed by atoms with E-state index in [4.69, 9.17) is 4.74 Å². The van der Waals surface area contributed by atoms with Gasteiger partial charge >= 0.3 is 0 Å². The molecule has 2 rings (SSSR count). The second kappa shape index (κ2) is 6.56. The maximum atomic E-state index is 14.3. The minimum Gasteiger partial charge on any atom is -0.489 e. The minimum absolute atomic E-state index is 0.0798. The molecule has 1 aromatic heterocycles. The molecule has 116 valence electrons. The van der Waals surface area contributed by atoms with Crippen molar-refractivity contribution in [3.8, 4) is 17.0 Å². The van der Waals surface area contributed by atoms with Crippen LogP contribution in [-0.4, -0.2) is 11.2 Å². The summed E-state index contributed by atoms with van der Waals surface area (Å²) < 4.78 is 35.1. The SMILES string of the molecule is C=CCOc1cc(F)c(-c2ccc(C)c(=O)n2CC)c(F)c1. The van der Waals surface area contributed by atoms with Crippen molar-refractivity contribution in [3.05, 3.63) is 64.5 Å². The molecule has 22 heavy (non-hydrogen) atoms. The van der Waals surface area contributed by atoms with Crippen LogP contribution in [0.25, 0.3) is 11.3 Å². The molecule has 0 aliphatic rings. The van der Waals surface area contributed by atoms with Gasteiger partial charge in [0.1, 0.15) is 24.0 Å². The van der Waals surface area contributed by atoms with Gasteiger partial charge in [-0.05, 0) is 19.9 Å². The van der Waals surface area contributed by atoms with Gasteiger partial charge in [-0.2, -0.15) is 0 Å². The van der Waals surface area contributed by atoms with Gasteiger partial charge in [0.25, 0.3) is 5.56 Å². The third-order valence-electron chi connectivity index (χ3n) is 3.32. The number of ether oxygens (including phenoxy) is 1. The quantitative estimate of drug-likeness (QED) is 0.789. The Morgan fingerprint density at radius 2 is 1.91 bits per heavy atom. The van der Waals surface area contributed by atoms with Crippen LogP contribution in [0.5, 0.6) is 5.75 Å². The number of aromatic nitrogens is 1. The van der Waals surface area contributed by atoms with Gasteiger partial charge in [0.15, 0.2) is 0 Å². The van der Waals surface area contributed by atoms with Crippen molar-refractivity contribution in [2.75, 3.05) is 6.61 Å². The summed E-state index contributed by atoms with van der Waals surface area (Å²) in [5.74, 6) is -1.47. The van der Waals surface area contributed by atoms with Crippen LogP contribution in [0, 0.1) is 18.6 Å². The molecular weight excluding hydrogens is 288 g/mol. The molecule has 0 radical (unpaired) electrons. The fraction of sp³-hybridized carbons (Fsp3) is 0.235. The van der Waals surface area contributed by atoms with E-state index in [1.54, 1.807) is 26.0 Å². The number of hydrogen-bond donors (Lipinski definition) is 0. The molecule has 1 aromatic carbocycles. The summed E-state index contributed by atoms with van der Waals surface area (Å²) in [5, 5.41) is 0.